The number of esters is 2. The molecule has 0 radical (unpaired) electrons. The van der Waals surface area contributed by atoms with Crippen LogP contribution in [0.2, 0.25) is 103 Å². The second-order valence-corrected chi connectivity index (χ2v) is 58.4. The zero-order chi connectivity index (χ0) is 72.7. The van der Waals surface area contributed by atoms with Crippen LogP contribution in [0.5, 0.6) is 23.0 Å². The molecule has 9 atom stereocenters. The van der Waals surface area contributed by atoms with Gasteiger partial charge in [-0.05, 0) is 55.8 Å². The molecule has 3 aromatic rings. The van der Waals surface area contributed by atoms with Crippen LogP contribution in [0.25, 0.3) is 6.08 Å². The first kappa shape index (κ1) is 85.6. The van der Waals surface area contributed by atoms with E-state index in [1.54, 1.807) is 20.3 Å². The Morgan fingerprint density at radius 3 is 1.40 bits per heavy atom. The van der Waals surface area contributed by atoms with Crippen molar-refractivity contribution in [2.24, 2.45) is 35.5 Å². The third-order valence-electron chi connectivity index (χ3n) is 17.5. The molecular weight excluding hydrogens is 1350 g/mol. The summed E-state index contributed by atoms with van der Waals surface area (Å²) in [5.74, 6) is 2.51. The van der Waals surface area contributed by atoms with Crippen molar-refractivity contribution in [2.75, 3.05) is 54.2 Å². The van der Waals surface area contributed by atoms with Gasteiger partial charge < -0.3 is 28.4 Å². The minimum absolute atomic E-state index is 0.000323. The molecule has 0 N–H and O–H groups in total. The van der Waals surface area contributed by atoms with Crippen LogP contribution in [-0.2, 0) is 37.9 Å². The molecule has 19 heteroatoms. The van der Waals surface area contributed by atoms with Gasteiger partial charge in [0.2, 0.25) is 0 Å². The van der Waals surface area contributed by atoms with Gasteiger partial charge >= 0.3 is 331 Å². The summed E-state index contributed by atoms with van der Waals surface area (Å²) in [6, 6.07) is 22.0. The van der Waals surface area contributed by atoms with Crippen LogP contribution in [0.3, 0.4) is 0 Å². The number of methoxy groups -OCH3 is 2. The fourth-order valence-electron chi connectivity index (χ4n) is 10.7. The Balaban J connectivity index is 0.000000417. The van der Waals surface area contributed by atoms with Crippen molar-refractivity contribution in [3.05, 3.63) is 107 Å². The number of benzene rings is 3. The molecule has 5 rings (SSSR count). The normalized spacial score (nSPS) is 19.8. The van der Waals surface area contributed by atoms with Crippen LogP contribution in [0, 0.1) is 35.5 Å². The standard InChI is InChI=1S/C42H68O7SeSi2.C36H62O7Si2/c1-30(2)31(3)19-20-32(4)40-36(48-42(5,6)49-40)21-22-38(50-34-17-15-14-16-18-34)35-27-33(45-23-25-51(8,9)10)28-37(47-29-44-7)39(35)41(43)46-24-26-52(11,12)13;1-26(2)27(3)17-18-28(4)34-31(42-36(5,6)43-34)16-14-15-29-23-30(39-19-21-44(8,9)10)24-32(41-25-38-7)33(29)35(37)40-20-22-45(11,12)13/h14-20,27-28,30-32,36,38,40H,21-26,29H2,1-13H3;14-15,17-18,23-24,26-28,31,34H,16,19-22,25H2,1-13H3/b20-19-;15-14+,18-17-/t31-,32?,36+,38?,40-;27-,28?,31+,34-/m11/s1. The molecule has 0 amide bonds. The summed E-state index contributed by atoms with van der Waals surface area (Å²) in [4.78, 5) is 27.8. The summed E-state index contributed by atoms with van der Waals surface area (Å²) >= 11 is -0.0349. The first-order valence-corrected chi connectivity index (χ1v) is 52.4. The van der Waals surface area contributed by atoms with Gasteiger partial charge in [0, 0.05) is 35.2 Å². The van der Waals surface area contributed by atoms with E-state index in [1.807, 2.05) is 52.0 Å². The molecule has 2 aliphatic heterocycles. The average Bonchev–Trinajstić information content (AvgIpc) is 1.77. The summed E-state index contributed by atoms with van der Waals surface area (Å²) in [6.45, 7) is 55.5. The Labute approximate surface area is 598 Å². The molecule has 2 saturated heterocycles. The Morgan fingerprint density at radius 2 is 0.948 bits per heavy atom. The van der Waals surface area contributed by atoms with Crippen LogP contribution in [0.15, 0.2) is 85.0 Å². The third-order valence-corrected chi connectivity index (χ3v) is 27.0. The van der Waals surface area contributed by atoms with Gasteiger partial charge in [-0.15, -0.1) is 0 Å². The van der Waals surface area contributed by atoms with E-state index in [0.717, 1.165) is 42.6 Å². The van der Waals surface area contributed by atoms with E-state index < -0.39 is 49.8 Å². The molecule has 548 valence electrons. The van der Waals surface area contributed by atoms with Crippen LogP contribution in [-0.4, -0.2) is 149 Å². The van der Waals surface area contributed by atoms with Crippen LogP contribution in [0.1, 0.15) is 139 Å². The molecule has 0 aromatic heterocycles. The zero-order valence-corrected chi connectivity index (χ0v) is 70.5. The minimum atomic E-state index is -1.43. The molecule has 3 unspecified atom stereocenters. The molecule has 14 nitrogen and oxygen atoms in total. The predicted molar refractivity (Wildman–Crippen MR) is 412 cm³/mol. The summed E-state index contributed by atoms with van der Waals surface area (Å²) in [7, 11) is -2.30. The number of ether oxygens (including phenoxy) is 12. The van der Waals surface area contributed by atoms with E-state index in [0.29, 0.717) is 96.2 Å². The predicted octanol–water partition coefficient (Wildman–Crippen LogP) is 19.0. The number of carbonyl (C=O) groups excluding carboxylic acids is 2. The van der Waals surface area contributed by atoms with Crippen LogP contribution in [0.4, 0.5) is 0 Å². The van der Waals surface area contributed by atoms with Crippen molar-refractivity contribution >= 4 is 69.7 Å². The van der Waals surface area contributed by atoms with E-state index in [9.17, 15) is 9.59 Å². The molecule has 2 fully saturated rings. The quantitative estimate of drug-likeness (QED) is 0.0231. The summed E-state index contributed by atoms with van der Waals surface area (Å²) < 4.78 is 74.3. The first-order chi connectivity index (χ1) is 45.1. The zero-order valence-electron chi connectivity index (χ0n) is 64.8. The van der Waals surface area contributed by atoms with Crippen molar-refractivity contribution in [2.45, 2.75) is 246 Å². The number of allylic oxidation sites excluding steroid dienone is 2. The molecule has 0 spiro atoms. The van der Waals surface area contributed by atoms with Crippen molar-refractivity contribution in [3.8, 4) is 23.0 Å². The van der Waals surface area contributed by atoms with Crippen molar-refractivity contribution in [1.82, 2.24) is 0 Å². The number of hydrogen-bond acceptors (Lipinski definition) is 14. The molecule has 0 aliphatic carbocycles. The summed E-state index contributed by atoms with van der Waals surface area (Å²) in [6.07, 6.45) is 14.9. The van der Waals surface area contributed by atoms with E-state index in [1.165, 1.54) is 4.46 Å². The fraction of sp³-hybridized carbons (Fsp3) is 0.667. The van der Waals surface area contributed by atoms with E-state index >= 15 is 0 Å². The van der Waals surface area contributed by atoms with Gasteiger partial charge in [-0.25, -0.2) is 4.79 Å². The number of rotatable bonds is 39. The fourth-order valence-corrected chi connectivity index (χ4v) is 16.0. The summed E-state index contributed by atoms with van der Waals surface area (Å²) in [5.41, 5.74) is 2.41. The van der Waals surface area contributed by atoms with Gasteiger partial charge in [-0.2, -0.15) is 0 Å². The van der Waals surface area contributed by atoms with Gasteiger partial charge in [0.25, 0.3) is 0 Å². The third kappa shape index (κ3) is 31.9. The first-order valence-electron chi connectivity index (χ1n) is 35.8. The molecule has 3 aromatic carbocycles. The molecule has 2 heterocycles. The van der Waals surface area contributed by atoms with Gasteiger partial charge in [-0.3, -0.25) is 0 Å². The topological polar surface area (TPSA) is 145 Å². The molecule has 0 saturated carbocycles. The van der Waals surface area contributed by atoms with E-state index in [-0.39, 0.29) is 75.6 Å². The number of carbonyl (C=O) groups is 2. The molecular formula is C78H130O14SeSi4. The van der Waals surface area contributed by atoms with Crippen LogP contribution < -0.4 is 23.4 Å². The second-order valence-electron chi connectivity index (χ2n) is 33.2. The number of hydrogen-bond donors (Lipinski definition) is 0. The van der Waals surface area contributed by atoms with Gasteiger partial charge in [0.05, 0.1) is 25.4 Å². The summed E-state index contributed by atoms with van der Waals surface area (Å²) in [5, 5.41) is 0. The SMILES string of the molecule is COCOc1cc(OCC[Si](C)(C)C)cc(/C=C/C[C@@H]2OC(C)(C)O[C@@H]2C(C)/C=C\[C@@H](C)C(C)C)c1C(=O)OCC[Si](C)(C)C.COCOc1cc(OCC[Si](C)(C)C)cc(C(CC[C@@H]2OC(C)(C)O[C@@H]2C(C)/C=C\[C@@H](C)C(C)C)[Se]c2ccccc2)c1C(=O)OCC[Si](C)(C)C. The molecule has 0 bridgehead atoms. The van der Waals surface area contributed by atoms with Gasteiger partial charge in [-0.1, -0.05) is 91.3 Å². The van der Waals surface area contributed by atoms with Crippen molar-refractivity contribution in [3.63, 3.8) is 0 Å². The van der Waals surface area contributed by atoms with Gasteiger partial charge in [0.1, 0.15) is 17.1 Å². The van der Waals surface area contributed by atoms with E-state index in [4.69, 9.17) is 56.8 Å². The van der Waals surface area contributed by atoms with Crippen molar-refractivity contribution in [1.29, 1.82) is 0 Å². The van der Waals surface area contributed by atoms with E-state index in [2.05, 4.69) is 195 Å². The monoisotopic (exact) mass is 1480 g/mol. The van der Waals surface area contributed by atoms with Crippen LogP contribution >= 0.6 is 0 Å². The molecule has 2 aliphatic rings. The van der Waals surface area contributed by atoms with Crippen molar-refractivity contribution < 1.29 is 66.4 Å². The Bertz CT molecular complexity index is 2940. The molecule has 97 heavy (non-hydrogen) atoms. The maximum absolute atomic E-state index is 14.2. The average molecular weight is 1480 g/mol. The second kappa shape index (κ2) is 39.6. The Morgan fingerprint density at radius 1 is 0.526 bits per heavy atom. The Hall–Kier alpha value is -3.83. The maximum atomic E-state index is 14.2. The van der Waals surface area contributed by atoms with Gasteiger partial charge in [0.15, 0.2) is 12.6 Å². The Kier molecular flexibility index (Phi) is 34.9.